The monoisotopic (exact) mass is 224 g/mol. The number of hydrogen-bond acceptors (Lipinski definition) is 2. The average molecular weight is 224 g/mol. The molecule has 0 radical (unpaired) electrons. The molecule has 0 aromatic carbocycles. The normalized spacial score (nSPS) is 21.8. The van der Waals surface area contributed by atoms with Crippen molar-refractivity contribution in [2.75, 3.05) is 13.1 Å². The van der Waals surface area contributed by atoms with Gasteiger partial charge in [-0.05, 0) is 56.4 Å². The first-order valence-corrected chi connectivity index (χ1v) is 6.74. The zero-order chi connectivity index (χ0) is 11.4. The van der Waals surface area contributed by atoms with Gasteiger partial charge in [-0.3, -0.25) is 4.79 Å². The van der Waals surface area contributed by atoms with Crippen molar-refractivity contribution in [3.05, 3.63) is 0 Å². The van der Waals surface area contributed by atoms with Crippen LogP contribution in [-0.2, 0) is 4.79 Å². The summed E-state index contributed by atoms with van der Waals surface area (Å²) in [5, 5.41) is 3.11. The van der Waals surface area contributed by atoms with Gasteiger partial charge in [-0.1, -0.05) is 6.42 Å². The minimum atomic E-state index is 0.240. The maximum absolute atomic E-state index is 11.6. The molecule has 0 unspecified atom stereocenters. The lowest BCUT2D eigenvalue weighted by molar-refractivity contribution is -0.121. The number of unbranched alkanes of at least 4 members (excludes halogenated alkanes) is 2. The van der Waals surface area contributed by atoms with E-state index in [4.69, 9.17) is 5.73 Å². The SMILES string of the molecule is NCCCCCC(=O)NCC1(C2CC2)CC1. The van der Waals surface area contributed by atoms with Crippen LogP contribution in [0.1, 0.15) is 51.4 Å². The van der Waals surface area contributed by atoms with Crippen LogP contribution < -0.4 is 11.1 Å². The predicted molar refractivity (Wildman–Crippen MR) is 64.9 cm³/mol. The van der Waals surface area contributed by atoms with Gasteiger partial charge in [0.2, 0.25) is 5.91 Å². The molecule has 0 aromatic rings. The van der Waals surface area contributed by atoms with Crippen molar-refractivity contribution in [3.8, 4) is 0 Å². The molecule has 2 fully saturated rings. The van der Waals surface area contributed by atoms with E-state index in [1.807, 2.05) is 0 Å². The van der Waals surface area contributed by atoms with Crippen molar-refractivity contribution in [1.29, 1.82) is 0 Å². The van der Waals surface area contributed by atoms with Gasteiger partial charge in [-0.15, -0.1) is 0 Å². The Morgan fingerprint density at radius 1 is 1.25 bits per heavy atom. The molecule has 0 aliphatic heterocycles. The summed E-state index contributed by atoms with van der Waals surface area (Å²) in [6.07, 6.45) is 9.26. The maximum atomic E-state index is 11.6. The van der Waals surface area contributed by atoms with Gasteiger partial charge in [0.05, 0.1) is 0 Å². The third-order valence-corrected chi connectivity index (χ3v) is 4.08. The number of carbonyl (C=O) groups is 1. The Labute approximate surface area is 98.2 Å². The van der Waals surface area contributed by atoms with Crippen molar-refractivity contribution in [1.82, 2.24) is 5.32 Å². The second kappa shape index (κ2) is 5.17. The van der Waals surface area contributed by atoms with E-state index in [-0.39, 0.29) is 5.91 Å². The molecule has 3 N–H and O–H groups in total. The average Bonchev–Trinajstić information content (AvgIpc) is 3.14. The maximum Gasteiger partial charge on any atom is 0.220 e. The fourth-order valence-electron chi connectivity index (χ4n) is 2.56. The molecule has 0 bridgehead atoms. The first-order chi connectivity index (χ1) is 7.77. The molecule has 2 aliphatic rings. The fourth-order valence-corrected chi connectivity index (χ4v) is 2.56. The number of rotatable bonds is 8. The lowest BCUT2D eigenvalue weighted by atomic mass is 10.0. The van der Waals surface area contributed by atoms with Crippen LogP contribution in [0.25, 0.3) is 0 Å². The first-order valence-electron chi connectivity index (χ1n) is 6.74. The predicted octanol–water partition coefficient (Wildman–Crippen LogP) is 1.81. The number of nitrogens with one attached hydrogen (secondary N) is 1. The molecule has 92 valence electrons. The van der Waals surface area contributed by atoms with E-state index >= 15 is 0 Å². The summed E-state index contributed by atoms with van der Waals surface area (Å²) >= 11 is 0. The van der Waals surface area contributed by atoms with Gasteiger partial charge in [0, 0.05) is 13.0 Å². The summed E-state index contributed by atoms with van der Waals surface area (Å²) in [6, 6.07) is 0. The van der Waals surface area contributed by atoms with Crippen molar-refractivity contribution in [2.45, 2.75) is 51.4 Å². The van der Waals surface area contributed by atoms with Crippen LogP contribution in [0.2, 0.25) is 0 Å². The highest BCUT2D eigenvalue weighted by atomic mass is 16.1. The van der Waals surface area contributed by atoms with Crippen molar-refractivity contribution in [3.63, 3.8) is 0 Å². The molecule has 2 aliphatic carbocycles. The van der Waals surface area contributed by atoms with Gasteiger partial charge >= 0.3 is 0 Å². The molecule has 16 heavy (non-hydrogen) atoms. The fraction of sp³-hybridized carbons (Fsp3) is 0.923. The molecule has 0 aromatic heterocycles. The standard InChI is InChI=1S/C13H24N2O/c14-9-3-1-2-4-12(16)15-10-13(7-8-13)11-5-6-11/h11H,1-10,14H2,(H,15,16). The van der Waals surface area contributed by atoms with E-state index in [0.717, 1.165) is 38.3 Å². The zero-order valence-electron chi connectivity index (χ0n) is 10.1. The summed E-state index contributed by atoms with van der Waals surface area (Å²) in [5.41, 5.74) is 5.94. The first kappa shape index (κ1) is 11.9. The van der Waals surface area contributed by atoms with Crippen LogP contribution in [0, 0.1) is 11.3 Å². The highest BCUT2D eigenvalue weighted by Gasteiger charge is 2.53. The van der Waals surface area contributed by atoms with Gasteiger partial charge in [-0.25, -0.2) is 0 Å². The summed E-state index contributed by atoms with van der Waals surface area (Å²) in [7, 11) is 0. The molecular formula is C13H24N2O. The van der Waals surface area contributed by atoms with Crippen LogP contribution in [-0.4, -0.2) is 19.0 Å². The third kappa shape index (κ3) is 3.21. The number of nitrogens with two attached hydrogens (primary N) is 1. The lowest BCUT2D eigenvalue weighted by Gasteiger charge is -2.14. The Kier molecular flexibility index (Phi) is 3.85. The van der Waals surface area contributed by atoms with E-state index in [1.165, 1.54) is 25.7 Å². The third-order valence-electron chi connectivity index (χ3n) is 4.08. The number of hydrogen-bond donors (Lipinski definition) is 2. The Morgan fingerprint density at radius 3 is 2.56 bits per heavy atom. The summed E-state index contributed by atoms with van der Waals surface area (Å²) in [4.78, 5) is 11.6. The Morgan fingerprint density at radius 2 is 2.00 bits per heavy atom. The largest absolute Gasteiger partial charge is 0.356 e. The Balaban J connectivity index is 1.54. The minimum Gasteiger partial charge on any atom is -0.356 e. The highest BCUT2D eigenvalue weighted by Crippen LogP contribution is 2.60. The molecule has 0 saturated heterocycles. The number of amides is 1. The number of carbonyl (C=O) groups excluding carboxylic acids is 1. The smallest absolute Gasteiger partial charge is 0.220 e. The molecular weight excluding hydrogens is 200 g/mol. The van der Waals surface area contributed by atoms with E-state index in [1.54, 1.807) is 0 Å². The quantitative estimate of drug-likeness (QED) is 0.618. The van der Waals surface area contributed by atoms with Crippen LogP contribution in [0.5, 0.6) is 0 Å². The van der Waals surface area contributed by atoms with E-state index in [2.05, 4.69) is 5.32 Å². The van der Waals surface area contributed by atoms with Gasteiger partial charge in [0.15, 0.2) is 0 Å². The second-order valence-electron chi connectivity index (χ2n) is 5.51. The van der Waals surface area contributed by atoms with Crippen molar-refractivity contribution >= 4 is 5.91 Å². The topological polar surface area (TPSA) is 55.1 Å². The molecule has 3 heteroatoms. The molecule has 3 nitrogen and oxygen atoms in total. The molecule has 0 spiro atoms. The van der Waals surface area contributed by atoms with Gasteiger partial charge in [-0.2, -0.15) is 0 Å². The van der Waals surface area contributed by atoms with Crippen molar-refractivity contribution in [2.24, 2.45) is 17.1 Å². The van der Waals surface area contributed by atoms with E-state index in [9.17, 15) is 4.79 Å². The van der Waals surface area contributed by atoms with Crippen LogP contribution in [0.4, 0.5) is 0 Å². The lowest BCUT2D eigenvalue weighted by Crippen LogP contribution is -2.30. The van der Waals surface area contributed by atoms with Crippen molar-refractivity contribution < 1.29 is 4.79 Å². The second-order valence-corrected chi connectivity index (χ2v) is 5.51. The minimum absolute atomic E-state index is 0.240. The molecule has 0 heterocycles. The molecule has 2 saturated carbocycles. The zero-order valence-corrected chi connectivity index (χ0v) is 10.1. The Hall–Kier alpha value is -0.570. The summed E-state index contributed by atoms with van der Waals surface area (Å²) in [6.45, 7) is 1.68. The van der Waals surface area contributed by atoms with Crippen LogP contribution in [0.15, 0.2) is 0 Å². The molecule has 2 rings (SSSR count). The van der Waals surface area contributed by atoms with Gasteiger partial charge in [0.25, 0.3) is 0 Å². The molecule has 1 amide bonds. The molecule has 0 atom stereocenters. The summed E-state index contributed by atoms with van der Waals surface area (Å²) in [5.74, 6) is 1.17. The van der Waals surface area contributed by atoms with E-state index < -0.39 is 0 Å². The van der Waals surface area contributed by atoms with Crippen LogP contribution in [0.3, 0.4) is 0 Å². The van der Waals surface area contributed by atoms with Gasteiger partial charge < -0.3 is 11.1 Å². The summed E-state index contributed by atoms with van der Waals surface area (Å²) < 4.78 is 0. The van der Waals surface area contributed by atoms with E-state index in [0.29, 0.717) is 11.8 Å². The Bertz CT molecular complexity index is 244. The van der Waals surface area contributed by atoms with Gasteiger partial charge in [0.1, 0.15) is 0 Å². The highest BCUT2D eigenvalue weighted by molar-refractivity contribution is 5.75. The van der Waals surface area contributed by atoms with Crippen LogP contribution >= 0.6 is 0 Å².